The second-order valence-corrected chi connectivity index (χ2v) is 6.64. The van der Waals surface area contributed by atoms with E-state index in [4.69, 9.17) is 0 Å². The Kier molecular flexibility index (Phi) is 5.30. The molecule has 0 unspecified atom stereocenters. The van der Waals surface area contributed by atoms with Crippen LogP contribution in [-0.2, 0) is 0 Å². The molecule has 1 aliphatic carbocycles. The van der Waals surface area contributed by atoms with Crippen molar-refractivity contribution in [3.63, 3.8) is 0 Å². The summed E-state index contributed by atoms with van der Waals surface area (Å²) in [5, 5.41) is 3.18. The number of nitrogens with one attached hydrogen (secondary N) is 1. The van der Waals surface area contributed by atoms with Crippen molar-refractivity contribution >= 4 is 11.6 Å². The van der Waals surface area contributed by atoms with E-state index in [1.165, 1.54) is 44.9 Å². The molecule has 1 aromatic rings. The minimum Gasteiger partial charge on any atom is -0.370 e. The van der Waals surface area contributed by atoms with Gasteiger partial charge in [0.25, 0.3) is 5.91 Å². The average Bonchev–Trinajstić information content (AvgIpc) is 2.85. The Morgan fingerprint density at radius 3 is 2.41 bits per heavy atom. The maximum atomic E-state index is 12.4. The number of aromatic nitrogens is 1. The van der Waals surface area contributed by atoms with Crippen LogP contribution in [0.5, 0.6) is 0 Å². The van der Waals surface area contributed by atoms with E-state index in [-0.39, 0.29) is 5.91 Å². The van der Waals surface area contributed by atoms with E-state index in [2.05, 4.69) is 15.2 Å². The number of hydrogen-bond donors (Lipinski definition) is 1. The SMILES string of the molecule is O=C(NC1CCCCC1)c1cncc(N2CCCCCC2)c1. The molecule has 120 valence electrons. The van der Waals surface area contributed by atoms with E-state index >= 15 is 0 Å². The number of rotatable bonds is 3. The molecule has 1 aromatic heterocycles. The number of carbonyl (C=O) groups is 1. The van der Waals surface area contributed by atoms with Gasteiger partial charge < -0.3 is 10.2 Å². The summed E-state index contributed by atoms with van der Waals surface area (Å²) in [7, 11) is 0. The van der Waals surface area contributed by atoms with E-state index < -0.39 is 0 Å². The van der Waals surface area contributed by atoms with Crippen molar-refractivity contribution in [3.05, 3.63) is 24.0 Å². The van der Waals surface area contributed by atoms with Gasteiger partial charge in [-0.15, -0.1) is 0 Å². The number of nitrogens with zero attached hydrogens (tertiary/aromatic N) is 2. The molecule has 0 spiro atoms. The summed E-state index contributed by atoms with van der Waals surface area (Å²) in [6.45, 7) is 2.16. The molecule has 4 heteroatoms. The predicted octanol–water partition coefficient (Wildman–Crippen LogP) is 3.52. The standard InChI is InChI=1S/C18H27N3O/c22-18(20-16-8-4-3-5-9-16)15-12-17(14-19-13-15)21-10-6-1-2-7-11-21/h12-14,16H,1-11H2,(H,20,22). The van der Waals surface area contributed by atoms with Crippen molar-refractivity contribution < 1.29 is 4.79 Å². The van der Waals surface area contributed by atoms with E-state index in [0.29, 0.717) is 11.6 Å². The number of hydrogen-bond acceptors (Lipinski definition) is 3. The third-order valence-corrected chi connectivity index (χ3v) is 4.90. The van der Waals surface area contributed by atoms with Crippen LogP contribution in [0.15, 0.2) is 18.5 Å². The first kappa shape index (κ1) is 15.3. The molecular formula is C18H27N3O. The van der Waals surface area contributed by atoms with E-state index in [1.54, 1.807) is 6.20 Å². The van der Waals surface area contributed by atoms with Gasteiger partial charge in [0, 0.05) is 25.3 Å². The lowest BCUT2D eigenvalue weighted by Crippen LogP contribution is -2.36. The van der Waals surface area contributed by atoms with Gasteiger partial charge in [0.1, 0.15) is 0 Å². The molecule has 2 heterocycles. The van der Waals surface area contributed by atoms with Gasteiger partial charge in [0.15, 0.2) is 0 Å². The van der Waals surface area contributed by atoms with Crippen LogP contribution in [0, 0.1) is 0 Å². The highest BCUT2D eigenvalue weighted by molar-refractivity contribution is 5.94. The fourth-order valence-corrected chi connectivity index (χ4v) is 3.57. The Balaban J connectivity index is 1.65. The van der Waals surface area contributed by atoms with Gasteiger partial charge in [-0.1, -0.05) is 32.1 Å². The van der Waals surface area contributed by atoms with Gasteiger partial charge in [-0.25, -0.2) is 0 Å². The van der Waals surface area contributed by atoms with Gasteiger partial charge in [-0.3, -0.25) is 9.78 Å². The molecule has 1 saturated heterocycles. The molecule has 1 saturated carbocycles. The van der Waals surface area contributed by atoms with Gasteiger partial charge in [-0.05, 0) is 31.7 Å². The molecule has 3 rings (SSSR count). The zero-order chi connectivity index (χ0) is 15.2. The van der Waals surface area contributed by atoms with Crippen molar-refractivity contribution in [1.29, 1.82) is 0 Å². The average molecular weight is 301 g/mol. The largest absolute Gasteiger partial charge is 0.370 e. The molecule has 1 N–H and O–H groups in total. The predicted molar refractivity (Wildman–Crippen MR) is 89.3 cm³/mol. The molecular weight excluding hydrogens is 274 g/mol. The minimum absolute atomic E-state index is 0.0380. The highest BCUT2D eigenvalue weighted by Gasteiger charge is 2.18. The zero-order valence-electron chi connectivity index (χ0n) is 13.4. The topological polar surface area (TPSA) is 45.2 Å². The van der Waals surface area contributed by atoms with Gasteiger partial charge >= 0.3 is 0 Å². The van der Waals surface area contributed by atoms with Crippen LogP contribution in [-0.4, -0.2) is 30.0 Å². The van der Waals surface area contributed by atoms with Crippen LogP contribution in [0.3, 0.4) is 0 Å². The molecule has 1 aliphatic heterocycles. The number of amides is 1. The van der Waals surface area contributed by atoms with E-state index in [1.807, 2.05) is 12.3 Å². The number of carbonyl (C=O) groups excluding carboxylic acids is 1. The summed E-state index contributed by atoms with van der Waals surface area (Å²) in [6, 6.07) is 2.36. The molecule has 0 aromatic carbocycles. The fraction of sp³-hybridized carbons (Fsp3) is 0.667. The second kappa shape index (κ2) is 7.61. The Morgan fingerprint density at radius 2 is 1.68 bits per heavy atom. The maximum Gasteiger partial charge on any atom is 0.253 e. The Hall–Kier alpha value is -1.58. The summed E-state index contributed by atoms with van der Waals surface area (Å²) in [6.07, 6.45) is 14.7. The van der Waals surface area contributed by atoms with Gasteiger partial charge in [-0.2, -0.15) is 0 Å². The smallest absolute Gasteiger partial charge is 0.253 e. The van der Waals surface area contributed by atoms with Crippen molar-refractivity contribution in [1.82, 2.24) is 10.3 Å². The lowest BCUT2D eigenvalue weighted by molar-refractivity contribution is 0.0927. The zero-order valence-corrected chi connectivity index (χ0v) is 13.4. The van der Waals surface area contributed by atoms with Crippen molar-refractivity contribution in [2.45, 2.75) is 63.8 Å². The van der Waals surface area contributed by atoms with Crippen molar-refractivity contribution in [2.75, 3.05) is 18.0 Å². The Labute approximate surface area is 133 Å². The van der Waals surface area contributed by atoms with Crippen LogP contribution in [0.4, 0.5) is 5.69 Å². The highest BCUT2D eigenvalue weighted by Crippen LogP contribution is 2.21. The van der Waals surface area contributed by atoms with E-state index in [0.717, 1.165) is 31.6 Å². The van der Waals surface area contributed by atoms with E-state index in [9.17, 15) is 4.79 Å². The monoisotopic (exact) mass is 301 g/mol. The van der Waals surface area contributed by atoms with Crippen molar-refractivity contribution in [3.8, 4) is 0 Å². The maximum absolute atomic E-state index is 12.4. The highest BCUT2D eigenvalue weighted by atomic mass is 16.1. The summed E-state index contributed by atoms with van der Waals surface area (Å²) >= 11 is 0. The Bertz CT molecular complexity index is 489. The Morgan fingerprint density at radius 1 is 1.00 bits per heavy atom. The fourth-order valence-electron chi connectivity index (χ4n) is 3.57. The molecule has 2 fully saturated rings. The quantitative estimate of drug-likeness (QED) is 0.929. The summed E-state index contributed by atoms with van der Waals surface area (Å²) in [5.41, 5.74) is 1.80. The second-order valence-electron chi connectivity index (χ2n) is 6.64. The molecule has 0 bridgehead atoms. The van der Waals surface area contributed by atoms with Crippen LogP contribution < -0.4 is 10.2 Å². The first-order chi connectivity index (χ1) is 10.8. The molecule has 0 radical (unpaired) electrons. The third kappa shape index (κ3) is 3.99. The first-order valence-electron chi connectivity index (χ1n) is 8.84. The van der Waals surface area contributed by atoms with Crippen LogP contribution in [0.2, 0.25) is 0 Å². The van der Waals surface area contributed by atoms with Crippen LogP contribution in [0.25, 0.3) is 0 Å². The molecule has 0 atom stereocenters. The first-order valence-corrected chi connectivity index (χ1v) is 8.84. The molecule has 2 aliphatic rings. The van der Waals surface area contributed by atoms with Crippen molar-refractivity contribution in [2.24, 2.45) is 0 Å². The number of anilines is 1. The minimum atomic E-state index is 0.0380. The van der Waals surface area contributed by atoms with Crippen LogP contribution >= 0.6 is 0 Å². The van der Waals surface area contributed by atoms with Gasteiger partial charge in [0.2, 0.25) is 0 Å². The third-order valence-electron chi connectivity index (χ3n) is 4.90. The molecule has 1 amide bonds. The normalized spacial score (nSPS) is 20.5. The summed E-state index contributed by atoms with van der Waals surface area (Å²) in [4.78, 5) is 19.1. The molecule has 22 heavy (non-hydrogen) atoms. The van der Waals surface area contributed by atoms with Crippen LogP contribution in [0.1, 0.15) is 68.1 Å². The lowest BCUT2D eigenvalue weighted by Gasteiger charge is -2.24. The van der Waals surface area contributed by atoms with Gasteiger partial charge in [0.05, 0.1) is 17.4 Å². The summed E-state index contributed by atoms with van der Waals surface area (Å²) < 4.78 is 0. The summed E-state index contributed by atoms with van der Waals surface area (Å²) in [5.74, 6) is 0.0380. The number of pyridine rings is 1. The molecule has 4 nitrogen and oxygen atoms in total. The lowest BCUT2D eigenvalue weighted by atomic mass is 9.95.